The molecule has 1 atom stereocenters. The lowest BCUT2D eigenvalue weighted by Gasteiger charge is -2.17. The first kappa shape index (κ1) is 22.9. The Balaban J connectivity index is 1.49. The van der Waals surface area contributed by atoms with Crippen molar-refractivity contribution in [2.75, 3.05) is 17.3 Å². The van der Waals surface area contributed by atoms with Crippen LogP contribution in [0.25, 0.3) is 0 Å². The number of nitrogens with one attached hydrogen (secondary N) is 1. The number of hydrogen-bond donors (Lipinski definition) is 1. The highest BCUT2D eigenvalue weighted by molar-refractivity contribution is 6.24. The fraction of sp³-hybridized carbons (Fsp3) is 0.111. The number of nitrogens with zero attached hydrogens (tertiary/aromatic N) is 5. The van der Waals surface area contributed by atoms with Crippen molar-refractivity contribution in [3.05, 3.63) is 118 Å². The van der Waals surface area contributed by atoms with Crippen LogP contribution in [0.15, 0.2) is 96.2 Å². The van der Waals surface area contributed by atoms with E-state index in [0.29, 0.717) is 35.1 Å². The Hall–Kier alpha value is -4.92. The maximum atomic E-state index is 13.0. The lowest BCUT2D eigenvalue weighted by Crippen LogP contribution is -2.22. The molecular weight excluding hydrogens is 456 g/mol. The first-order chi connectivity index (χ1) is 17.5. The molecule has 1 unspecified atom stereocenters. The highest BCUT2D eigenvalue weighted by Gasteiger charge is 2.36. The van der Waals surface area contributed by atoms with Gasteiger partial charge in [0.05, 0.1) is 16.3 Å². The summed E-state index contributed by atoms with van der Waals surface area (Å²) in [5.74, 6) is -0.413. The van der Waals surface area contributed by atoms with Gasteiger partial charge < -0.3 is 10.2 Å². The summed E-state index contributed by atoms with van der Waals surface area (Å²) >= 11 is 0. The van der Waals surface area contributed by atoms with Crippen LogP contribution < -0.4 is 10.2 Å². The van der Waals surface area contributed by atoms with Crippen molar-refractivity contribution in [2.45, 2.75) is 12.5 Å². The molecule has 9 heteroatoms. The number of aromatic nitrogens is 2. The Bertz CT molecular complexity index is 1440. The van der Waals surface area contributed by atoms with Crippen LogP contribution in [0.1, 0.15) is 22.6 Å². The van der Waals surface area contributed by atoms with Gasteiger partial charge in [-0.2, -0.15) is 0 Å². The highest BCUT2D eigenvalue weighted by atomic mass is 16.6. The second-order valence-corrected chi connectivity index (χ2v) is 8.39. The quantitative estimate of drug-likeness (QED) is 0.230. The molecule has 0 bridgehead atoms. The Morgan fingerprint density at radius 2 is 1.75 bits per heavy atom. The second kappa shape index (κ2) is 9.75. The minimum atomic E-state index is -0.775. The third-order valence-electron chi connectivity index (χ3n) is 5.92. The van der Waals surface area contributed by atoms with Crippen LogP contribution in [0.3, 0.4) is 0 Å². The second-order valence-electron chi connectivity index (χ2n) is 8.39. The summed E-state index contributed by atoms with van der Waals surface area (Å²) in [5, 5.41) is 14.2. The van der Waals surface area contributed by atoms with Gasteiger partial charge in [0.1, 0.15) is 5.92 Å². The Morgan fingerprint density at radius 3 is 2.44 bits per heavy atom. The largest absolute Gasteiger partial charge is 0.340 e. The van der Waals surface area contributed by atoms with E-state index >= 15 is 0 Å². The summed E-state index contributed by atoms with van der Waals surface area (Å²) in [5.41, 5.74) is 4.03. The molecule has 0 saturated heterocycles. The van der Waals surface area contributed by atoms with Crippen molar-refractivity contribution in [3.63, 3.8) is 0 Å². The fourth-order valence-corrected chi connectivity index (χ4v) is 4.19. The highest BCUT2D eigenvalue weighted by Crippen LogP contribution is 2.38. The van der Waals surface area contributed by atoms with E-state index in [1.165, 1.54) is 12.1 Å². The van der Waals surface area contributed by atoms with Gasteiger partial charge in [-0.05, 0) is 35.4 Å². The average molecular weight is 479 g/mol. The molecule has 0 aliphatic carbocycles. The zero-order valence-corrected chi connectivity index (χ0v) is 19.4. The number of nitro benzene ring substituents is 1. The van der Waals surface area contributed by atoms with Gasteiger partial charge in [-0.25, -0.2) is 9.97 Å². The Kier molecular flexibility index (Phi) is 6.19. The minimum Gasteiger partial charge on any atom is -0.340 e. The monoisotopic (exact) mass is 478 g/mol. The number of anilines is 2. The van der Waals surface area contributed by atoms with E-state index < -0.39 is 10.8 Å². The lowest BCUT2D eigenvalue weighted by atomic mass is 9.90. The maximum absolute atomic E-state index is 13.0. The molecule has 178 valence electrons. The standard InChI is InChI=1S/C27H22N6O3/c1-32(27-28-14-5-15-29-27)17-18-8-10-20(11-9-18)30-25(19-6-3-2-4-7-19)24-22-16-21(33(35)36)12-13-23(22)31-26(24)34/h2-16,24H,17H2,1H3,(H,31,34). The van der Waals surface area contributed by atoms with Gasteiger partial charge in [-0.15, -0.1) is 0 Å². The van der Waals surface area contributed by atoms with E-state index in [2.05, 4.69) is 15.3 Å². The number of amides is 1. The third-order valence-corrected chi connectivity index (χ3v) is 5.92. The number of aliphatic imine (C=N–C) groups is 1. The molecule has 1 N–H and O–H groups in total. The van der Waals surface area contributed by atoms with Gasteiger partial charge in [0, 0.05) is 49.4 Å². The summed E-state index contributed by atoms with van der Waals surface area (Å²) < 4.78 is 0. The van der Waals surface area contributed by atoms with E-state index in [1.54, 1.807) is 24.5 Å². The van der Waals surface area contributed by atoms with Crippen molar-refractivity contribution < 1.29 is 9.72 Å². The van der Waals surface area contributed by atoms with Crippen LogP contribution in [-0.2, 0) is 11.3 Å². The van der Waals surface area contributed by atoms with Crippen LogP contribution in [-0.4, -0.2) is 33.6 Å². The van der Waals surface area contributed by atoms with Crippen LogP contribution in [0.4, 0.5) is 23.0 Å². The average Bonchev–Trinajstić information content (AvgIpc) is 3.24. The topological polar surface area (TPSA) is 114 Å². The number of carbonyl (C=O) groups excluding carboxylic acids is 1. The van der Waals surface area contributed by atoms with Gasteiger partial charge in [0.2, 0.25) is 11.9 Å². The molecule has 9 nitrogen and oxygen atoms in total. The molecule has 3 aromatic carbocycles. The van der Waals surface area contributed by atoms with E-state index in [4.69, 9.17) is 4.99 Å². The van der Waals surface area contributed by atoms with Crippen molar-refractivity contribution in [2.24, 2.45) is 4.99 Å². The van der Waals surface area contributed by atoms with E-state index in [1.807, 2.05) is 66.5 Å². The number of fused-ring (bicyclic) bond motifs is 1. The summed E-state index contributed by atoms with van der Waals surface area (Å²) in [6, 6.07) is 23.3. The molecule has 0 radical (unpaired) electrons. The van der Waals surface area contributed by atoms with Gasteiger partial charge in [-0.1, -0.05) is 42.5 Å². The Morgan fingerprint density at radius 1 is 1.03 bits per heavy atom. The zero-order chi connectivity index (χ0) is 25.1. The molecule has 1 amide bonds. The first-order valence-electron chi connectivity index (χ1n) is 11.3. The van der Waals surface area contributed by atoms with Crippen LogP contribution in [0.5, 0.6) is 0 Å². The molecule has 36 heavy (non-hydrogen) atoms. The summed E-state index contributed by atoms with van der Waals surface area (Å²) in [7, 11) is 1.92. The van der Waals surface area contributed by atoms with Crippen LogP contribution >= 0.6 is 0 Å². The summed E-state index contributed by atoms with van der Waals surface area (Å²) in [6.45, 7) is 0.613. The summed E-state index contributed by atoms with van der Waals surface area (Å²) in [4.78, 5) is 39.3. The molecule has 1 aliphatic heterocycles. The predicted octanol–water partition coefficient (Wildman–Crippen LogP) is 4.88. The van der Waals surface area contributed by atoms with Crippen molar-refractivity contribution in [1.82, 2.24) is 9.97 Å². The van der Waals surface area contributed by atoms with Crippen molar-refractivity contribution in [3.8, 4) is 0 Å². The number of non-ortho nitro benzene ring substituents is 1. The SMILES string of the molecule is CN(Cc1ccc(N=C(c2ccccc2)C2C(=O)Nc3ccc([N+](=O)[O-])cc32)cc1)c1ncccn1. The molecule has 1 aliphatic rings. The third kappa shape index (κ3) is 4.67. The molecule has 5 rings (SSSR count). The smallest absolute Gasteiger partial charge is 0.269 e. The number of benzene rings is 3. The molecule has 0 saturated carbocycles. The maximum Gasteiger partial charge on any atom is 0.269 e. The minimum absolute atomic E-state index is 0.0708. The van der Waals surface area contributed by atoms with Crippen molar-refractivity contribution in [1.29, 1.82) is 0 Å². The van der Waals surface area contributed by atoms with Gasteiger partial charge >= 0.3 is 0 Å². The zero-order valence-electron chi connectivity index (χ0n) is 19.4. The van der Waals surface area contributed by atoms with Crippen LogP contribution in [0.2, 0.25) is 0 Å². The lowest BCUT2D eigenvalue weighted by molar-refractivity contribution is -0.384. The van der Waals surface area contributed by atoms with E-state index in [0.717, 1.165) is 11.1 Å². The normalized spacial score (nSPS) is 14.8. The van der Waals surface area contributed by atoms with Gasteiger partial charge in [0.25, 0.3) is 5.69 Å². The van der Waals surface area contributed by atoms with Crippen LogP contribution in [0, 0.1) is 10.1 Å². The fourth-order valence-electron chi connectivity index (χ4n) is 4.19. The molecule has 2 heterocycles. The van der Waals surface area contributed by atoms with Gasteiger partial charge in [-0.3, -0.25) is 19.9 Å². The van der Waals surface area contributed by atoms with Gasteiger partial charge in [0.15, 0.2) is 0 Å². The molecule has 4 aromatic rings. The predicted molar refractivity (Wildman–Crippen MR) is 138 cm³/mol. The number of nitro groups is 1. The van der Waals surface area contributed by atoms with Crippen molar-refractivity contribution >= 4 is 34.6 Å². The number of carbonyl (C=O) groups is 1. The number of hydrogen-bond acceptors (Lipinski definition) is 7. The first-order valence-corrected chi connectivity index (χ1v) is 11.3. The molecule has 0 spiro atoms. The number of rotatable bonds is 7. The molecule has 1 aromatic heterocycles. The summed E-state index contributed by atoms with van der Waals surface area (Å²) in [6.07, 6.45) is 3.40. The van der Waals surface area contributed by atoms with E-state index in [-0.39, 0.29) is 11.6 Å². The Labute approximate surface area is 207 Å². The molecular formula is C27H22N6O3. The van der Waals surface area contributed by atoms with E-state index in [9.17, 15) is 14.9 Å². The molecule has 0 fully saturated rings.